The zero-order valence-corrected chi connectivity index (χ0v) is 16.0. The van der Waals surface area contributed by atoms with Crippen molar-refractivity contribution in [2.24, 2.45) is 0 Å². The maximum Gasteiger partial charge on any atom is 0.261 e. The monoisotopic (exact) mass is 383 g/mol. The summed E-state index contributed by atoms with van der Waals surface area (Å²) in [6.45, 7) is 2.24. The maximum absolute atomic E-state index is 12.5. The molecule has 3 aromatic rings. The highest BCUT2D eigenvalue weighted by Crippen LogP contribution is 2.21. The fourth-order valence-corrected chi connectivity index (χ4v) is 3.54. The van der Waals surface area contributed by atoms with Crippen molar-refractivity contribution in [1.82, 2.24) is 0 Å². The van der Waals surface area contributed by atoms with Gasteiger partial charge < -0.3 is 9.47 Å². The molecule has 0 aromatic heterocycles. The van der Waals surface area contributed by atoms with E-state index in [0.29, 0.717) is 18.0 Å². The average molecular weight is 383 g/mol. The molecule has 0 aliphatic rings. The van der Waals surface area contributed by atoms with Crippen molar-refractivity contribution in [1.29, 1.82) is 0 Å². The van der Waals surface area contributed by atoms with E-state index < -0.39 is 10.0 Å². The van der Waals surface area contributed by atoms with E-state index in [9.17, 15) is 8.42 Å². The van der Waals surface area contributed by atoms with Gasteiger partial charge in [-0.25, -0.2) is 8.42 Å². The fraction of sp³-hybridized carbons (Fsp3) is 0.143. The quantitative estimate of drug-likeness (QED) is 0.657. The number of anilines is 1. The Kier molecular flexibility index (Phi) is 5.66. The van der Waals surface area contributed by atoms with Crippen LogP contribution < -0.4 is 14.2 Å². The second-order valence-electron chi connectivity index (χ2n) is 6.08. The number of methoxy groups -OCH3 is 1. The van der Waals surface area contributed by atoms with Crippen LogP contribution in [0.5, 0.6) is 11.5 Å². The summed E-state index contributed by atoms with van der Waals surface area (Å²) < 4.78 is 38.5. The third-order valence-electron chi connectivity index (χ3n) is 3.98. The van der Waals surface area contributed by atoms with E-state index in [2.05, 4.69) is 4.72 Å². The van der Waals surface area contributed by atoms with Crippen LogP contribution in [-0.2, 0) is 16.6 Å². The molecule has 0 saturated heterocycles. The van der Waals surface area contributed by atoms with E-state index in [1.807, 2.05) is 37.3 Å². The van der Waals surface area contributed by atoms with Crippen LogP contribution >= 0.6 is 0 Å². The minimum atomic E-state index is -3.63. The molecule has 3 rings (SSSR count). The summed E-state index contributed by atoms with van der Waals surface area (Å²) in [4.78, 5) is 0.230. The first kappa shape index (κ1) is 18.8. The molecule has 0 saturated carbocycles. The first-order valence-electron chi connectivity index (χ1n) is 8.41. The van der Waals surface area contributed by atoms with Crippen LogP contribution in [0.1, 0.15) is 11.1 Å². The van der Waals surface area contributed by atoms with Crippen LogP contribution in [-0.4, -0.2) is 15.5 Å². The van der Waals surface area contributed by atoms with Gasteiger partial charge in [0.15, 0.2) is 0 Å². The highest BCUT2D eigenvalue weighted by molar-refractivity contribution is 7.92. The highest BCUT2D eigenvalue weighted by atomic mass is 32.2. The van der Waals surface area contributed by atoms with Crippen molar-refractivity contribution in [3.8, 4) is 11.5 Å². The molecule has 0 radical (unpaired) electrons. The van der Waals surface area contributed by atoms with Crippen molar-refractivity contribution in [3.05, 3.63) is 83.9 Å². The van der Waals surface area contributed by atoms with Crippen LogP contribution in [0.2, 0.25) is 0 Å². The third-order valence-corrected chi connectivity index (χ3v) is 5.37. The minimum absolute atomic E-state index is 0.230. The predicted octanol–water partition coefficient (Wildman–Crippen LogP) is 4.38. The first-order valence-corrected chi connectivity index (χ1v) is 9.90. The summed E-state index contributed by atoms with van der Waals surface area (Å²) in [6.07, 6.45) is 0. The molecule has 0 heterocycles. The third kappa shape index (κ3) is 5.01. The van der Waals surface area contributed by atoms with Gasteiger partial charge in [0.25, 0.3) is 10.0 Å². The predicted molar refractivity (Wildman–Crippen MR) is 106 cm³/mol. The molecule has 0 unspecified atom stereocenters. The molecule has 5 nitrogen and oxygen atoms in total. The smallest absolute Gasteiger partial charge is 0.261 e. The summed E-state index contributed by atoms with van der Waals surface area (Å²) in [5.41, 5.74) is 2.35. The molecule has 0 aliphatic carbocycles. The van der Waals surface area contributed by atoms with Crippen LogP contribution in [0, 0.1) is 6.92 Å². The molecule has 3 aromatic carbocycles. The van der Waals surface area contributed by atoms with Crippen LogP contribution in [0.3, 0.4) is 0 Å². The molecular weight excluding hydrogens is 362 g/mol. The molecule has 0 bridgehead atoms. The van der Waals surface area contributed by atoms with E-state index in [1.165, 1.54) is 0 Å². The lowest BCUT2D eigenvalue weighted by atomic mass is 10.2. The van der Waals surface area contributed by atoms with Gasteiger partial charge in [-0.05, 0) is 61.0 Å². The number of benzene rings is 3. The van der Waals surface area contributed by atoms with E-state index in [0.717, 1.165) is 16.9 Å². The number of hydrogen-bond acceptors (Lipinski definition) is 4. The summed E-state index contributed by atoms with van der Waals surface area (Å²) in [5, 5.41) is 0. The van der Waals surface area contributed by atoms with Gasteiger partial charge in [-0.15, -0.1) is 0 Å². The maximum atomic E-state index is 12.5. The lowest BCUT2D eigenvalue weighted by Gasteiger charge is -2.11. The Bertz CT molecular complexity index is 997. The number of hydrogen-bond donors (Lipinski definition) is 1. The Morgan fingerprint density at radius 3 is 2.22 bits per heavy atom. The van der Waals surface area contributed by atoms with Crippen molar-refractivity contribution in [2.45, 2.75) is 18.4 Å². The molecular formula is C21H21NO4S. The molecule has 6 heteroatoms. The highest BCUT2D eigenvalue weighted by Gasteiger charge is 2.14. The molecule has 0 aliphatic heterocycles. The first-order chi connectivity index (χ1) is 13.0. The minimum Gasteiger partial charge on any atom is -0.497 e. The van der Waals surface area contributed by atoms with Crippen molar-refractivity contribution in [2.75, 3.05) is 11.8 Å². The fourth-order valence-electron chi connectivity index (χ4n) is 2.49. The number of aryl methyl sites for hydroxylation is 1. The van der Waals surface area contributed by atoms with E-state index >= 15 is 0 Å². The van der Waals surface area contributed by atoms with E-state index in [1.54, 1.807) is 49.6 Å². The number of nitrogens with one attached hydrogen (secondary N) is 1. The van der Waals surface area contributed by atoms with Crippen LogP contribution in [0.25, 0.3) is 0 Å². The van der Waals surface area contributed by atoms with Crippen molar-refractivity contribution < 1.29 is 17.9 Å². The number of sulfonamides is 1. The number of rotatable bonds is 7. The van der Waals surface area contributed by atoms with E-state index in [4.69, 9.17) is 9.47 Å². The SMILES string of the molecule is COc1ccc(OCc2cccc(NS(=O)(=O)c3ccc(C)cc3)c2)cc1. The Morgan fingerprint density at radius 2 is 1.56 bits per heavy atom. The average Bonchev–Trinajstić information content (AvgIpc) is 2.67. The van der Waals surface area contributed by atoms with Gasteiger partial charge in [0.05, 0.1) is 12.0 Å². The zero-order chi connectivity index (χ0) is 19.3. The van der Waals surface area contributed by atoms with Gasteiger partial charge in [0.2, 0.25) is 0 Å². The molecule has 0 atom stereocenters. The Balaban J connectivity index is 1.68. The van der Waals surface area contributed by atoms with Gasteiger partial charge in [0.1, 0.15) is 18.1 Å². The summed E-state index contributed by atoms with van der Waals surface area (Å²) in [6, 6.07) is 21.2. The topological polar surface area (TPSA) is 64.6 Å². The lowest BCUT2D eigenvalue weighted by Crippen LogP contribution is -2.13. The lowest BCUT2D eigenvalue weighted by molar-refractivity contribution is 0.305. The summed E-state index contributed by atoms with van der Waals surface area (Å²) in [7, 11) is -2.02. The van der Waals surface area contributed by atoms with E-state index in [-0.39, 0.29) is 4.90 Å². The molecule has 1 N–H and O–H groups in total. The molecule has 0 fully saturated rings. The van der Waals surface area contributed by atoms with Gasteiger partial charge in [-0.1, -0.05) is 29.8 Å². The summed E-state index contributed by atoms with van der Waals surface area (Å²) >= 11 is 0. The molecule has 0 spiro atoms. The summed E-state index contributed by atoms with van der Waals surface area (Å²) in [5.74, 6) is 1.47. The normalized spacial score (nSPS) is 11.0. The van der Waals surface area contributed by atoms with Gasteiger partial charge in [-0.2, -0.15) is 0 Å². The largest absolute Gasteiger partial charge is 0.497 e. The van der Waals surface area contributed by atoms with Gasteiger partial charge in [0, 0.05) is 5.69 Å². The van der Waals surface area contributed by atoms with Crippen LogP contribution in [0.15, 0.2) is 77.7 Å². The van der Waals surface area contributed by atoms with Crippen molar-refractivity contribution >= 4 is 15.7 Å². The second-order valence-corrected chi connectivity index (χ2v) is 7.77. The van der Waals surface area contributed by atoms with Crippen LogP contribution in [0.4, 0.5) is 5.69 Å². The molecule has 140 valence electrons. The Hall–Kier alpha value is -2.99. The molecule has 27 heavy (non-hydrogen) atoms. The van der Waals surface area contributed by atoms with Gasteiger partial charge >= 0.3 is 0 Å². The molecule has 0 amide bonds. The van der Waals surface area contributed by atoms with Gasteiger partial charge in [-0.3, -0.25) is 4.72 Å². The van der Waals surface area contributed by atoms with Crippen molar-refractivity contribution in [3.63, 3.8) is 0 Å². The second kappa shape index (κ2) is 8.14. The Labute approximate surface area is 159 Å². The Morgan fingerprint density at radius 1 is 0.889 bits per heavy atom. The zero-order valence-electron chi connectivity index (χ0n) is 15.2. The standard InChI is InChI=1S/C21H21NO4S/c1-16-6-12-21(13-7-16)27(23,24)22-18-5-3-4-17(14-18)15-26-20-10-8-19(25-2)9-11-20/h3-14,22H,15H2,1-2H3. The number of ether oxygens (including phenoxy) is 2.